The van der Waals surface area contributed by atoms with Gasteiger partial charge >= 0.3 is 0 Å². The molecule has 0 N–H and O–H groups in total. The van der Waals surface area contributed by atoms with Gasteiger partial charge in [-0.15, -0.1) is 11.6 Å². The van der Waals surface area contributed by atoms with Crippen molar-refractivity contribution < 1.29 is 9.53 Å². The van der Waals surface area contributed by atoms with Crippen molar-refractivity contribution in [3.05, 3.63) is 29.8 Å². The number of rotatable bonds is 4. The molecule has 1 aliphatic heterocycles. The summed E-state index contributed by atoms with van der Waals surface area (Å²) in [6, 6.07) is 7.73. The van der Waals surface area contributed by atoms with Gasteiger partial charge in [0.05, 0.1) is 13.2 Å². The minimum Gasteiger partial charge on any atom is -0.497 e. The Morgan fingerprint density at radius 2 is 1.94 bits per heavy atom. The maximum Gasteiger partial charge on any atom is 0.243 e. The van der Waals surface area contributed by atoms with Gasteiger partial charge in [-0.05, 0) is 23.6 Å². The number of nitrogens with zero attached hydrogens (tertiary/aromatic N) is 1. The first-order valence-corrected chi connectivity index (χ1v) is 6.56. The van der Waals surface area contributed by atoms with Crippen LogP contribution in [0.1, 0.15) is 25.5 Å². The number of carbonyl (C=O) groups is 1. The fraction of sp³-hybridized carbons (Fsp3) is 0.500. The second-order valence-electron chi connectivity index (χ2n) is 5.00. The Morgan fingerprint density at radius 3 is 2.44 bits per heavy atom. The lowest BCUT2D eigenvalue weighted by atomic mass is 9.92. The van der Waals surface area contributed by atoms with Gasteiger partial charge < -0.3 is 9.64 Å². The zero-order valence-corrected chi connectivity index (χ0v) is 11.6. The molecule has 0 aromatic heterocycles. The summed E-state index contributed by atoms with van der Waals surface area (Å²) >= 11 is 6.13. The zero-order valence-electron chi connectivity index (χ0n) is 10.9. The monoisotopic (exact) mass is 267 g/mol. The molecule has 0 unspecified atom stereocenters. The molecular formula is C14H18ClNO2. The van der Waals surface area contributed by atoms with Gasteiger partial charge in [-0.2, -0.15) is 0 Å². The first kappa shape index (κ1) is 13.2. The summed E-state index contributed by atoms with van der Waals surface area (Å²) < 4.78 is 5.13. The van der Waals surface area contributed by atoms with Crippen LogP contribution in [-0.2, 0) is 4.79 Å². The molecule has 1 aliphatic rings. The molecule has 2 atom stereocenters. The molecule has 1 saturated heterocycles. The minimum absolute atomic E-state index is 0.00697. The van der Waals surface area contributed by atoms with E-state index in [0.29, 0.717) is 5.92 Å². The molecule has 1 aromatic carbocycles. The van der Waals surface area contributed by atoms with Gasteiger partial charge in [0.2, 0.25) is 5.91 Å². The van der Waals surface area contributed by atoms with Gasteiger partial charge in [-0.3, -0.25) is 4.79 Å². The summed E-state index contributed by atoms with van der Waals surface area (Å²) in [7, 11) is 1.64. The topological polar surface area (TPSA) is 29.5 Å². The van der Waals surface area contributed by atoms with E-state index in [1.807, 2.05) is 29.2 Å². The summed E-state index contributed by atoms with van der Waals surface area (Å²) in [4.78, 5) is 13.6. The third kappa shape index (κ3) is 2.32. The van der Waals surface area contributed by atoms with Crippen LogP contribution in [0.15, 0.2) is 24.3 Å². The van der Waals surface area contributed by atoms with Crippen molar-refractivity contribution in [2.45, 2.75) is 25.3 Å². The molecule has 18 heavy (non-hydrogen) atoms. The van der Waals surface area contributed by atoms with Crippen molar-refractivity contribution in [3.8, 4) is 5.75 Å². The molecule has 3 nitrogen and oxygen atoms in total. The number of alkyl halides is 1. The molecular weight excluding hydrogens is 250 g/mol. The second kappa shape index (κ2) is 5.19. The predicted octanol–water partition coefficient (Wildman–Crippen LogP) is 2.84. The van der Waals surface area contributed by atoms with Crippen molar-refractivity contribution >= 4 is 17.5 Å². The molecule has 4 heteroatoms. The highest BCUT2D eigenvalue weighted by Crippen LogP contribution is 2.39. The number of carbonyl (C=O) groups excluding carboxylic acids is 1. The van der Waals surface area contributed by atoms with Crippen LogP contribution in [0.3, 0.4) is 0 Å². The number of methoxy groups -OCH3 is 1. The molecule has 0 spiro atoms. The maximum absolute atomic E-state index is 11.8. The molecule has 1 fully saturated rings. The van der Waals surface area contributed by atoms with Gasteiger partial charge in [-0.1, -0.05) is 26.0 Å². The number of amides is 1. The van der Waals surface area contributed by atoms with Crippen LogP contribution in [0.2, 0.25) is 0 Å². The van der Waals surface area contributed by atoms with Crippen LogP contribution in [0, 0.1) is 5.92 Å². The second-order valence-corrected chi connectivity index (χ2v) is 5.47. The van der Waals surface area contributed by atoms with E-state index in [9.17, 15) is 4.79 Å². The SMILES string of the molecule is COc1ccc([C@H]2[C@H](Cl)C(=O)N2CC(C)C)cc1. The Morgan fingerprint density at radius 1 is 1.33 bits per heavy atom. The van der Waals surface area contributed by atoms with Crippen LogP contribution in [0.5, 0.6) is 5.75 Å². The number of ether oxygens (including phenoxy) is 1. The Balaban J connectivity index is 2.17. The van der Waals surface area contributed by atoms with E-state index in [4.69, 9.17) is 16.3 Å². The van der Waals surface area contributed by atoms with Gasteiger partial charge in [0.25, 0.3) is 0 Å². The molecule has 1 heterocycles. The van der Waals surface area contributed by atoms with Crippen molar-refractivity contribution in [2.24, 2.45) is 5.92 Å². The lowest BCUT2D eigenvalue weighted by Crippen LogP contribution is -2.57. The van der Waals surface area contributed by atoms with E-state index >= 15 is 0 Å². The van der Waals surface area contributed by atoms with E-state index in [1.54, 1.807) is 7.11 Å². The van der Waals surface area contributed by atoms with Gasteiger partial charge in [-0.25, -0.2) is 0 Å². The molecule has 2 rings (SSSR count). The van der Waals surface area contributed by atoms with E-state index in [-0.39, 0.29) is 11.9 Å². The van der Waals surface area contributed by atoms with E-state index in [0.717, 1.165) is 17.9 Å². The highest BCUT2D eigenvalue weighted by atomic mass is 35.5. The van der Waals surface area contributed by atoms with Crippen LogP contribution in [0.25, 0.3) is 0 Å². The van der Waals surface area contributed by atoms with Gasteiger partial charge in [0, 0.05) is 6.54 Å². The number of benzene rings is 1. The predicted molar refractivity (Wildman–Crippen MR) is 71.9 cm³/mol. The van der Waals surface area contributed by atoms with E-state index < -0.39 is 5.38 Å². The summed E-state index contributed by atoms with van der Waals surface area (Å²) in [6.45, 7) is 4.94. The van der Waals surface area contributed by atoms with E-state index in [1.165, 1.54) is 0 Å². The fourth-order valence-corrected chi connectivity index (χ4v) is 2.66. The van der Waals surface area contributed by atoms with Gasteiger partial charge in [0.15, 0.2) is 0 Å². The average molecular weight is 268 g/mol. The van der Waals surface area contributed by atoms with Crippen molar-refractivity contribution in [1.29, 1.82) is 0 Å². The third-order valence-electron chi connectivity index (χ3n) is 3.15. The van der Waals surface area contributed by atoms with Crippen LogP contribution in [-0.4, -0.2) is 29.8 Å². The van der Waals surface area contributed by atoms with Gasteiger partial charge in [0.1, 0.15) is 11.1 Å². The lowest BCUT2D eigenvalue weighted by molar-refractivity contribution is -0.146. The molecule has 0 aliphatic carbocycles. The van der Waals surface area contributed by atoms with Crippen molar-refractivity contribution in [2.75, 3.05) is 13.7 Å². The largest absolute Gasteiger partial charge is 0.497 e. The molecule has 1 amide bonds. The highest BCUT2D eigenvalue weighted by Gasteiger charge is 2.46. The average Bonchev–Trinajstić information content (AvgIpc) is 2.38. The Bertz CT molecular complexity index is 430. The molecule has 1 aromatic rings. The summed E-state index contributed by atoms with van der Waals surface area (Å²) in [6.07, 6.45) is 0. The van der Waals surface area contributed by atoms with E-state index in [2.05, 4.69) is 13.8 Å². The van der Waals surface area contributed by atoms with Crippen molar-refractivity contribution in [3.63, 3.8) is 0 Å². The number of likely N-dealkylation sites (tertiary alicyclic amines) is 1. The number of hydrogen-bond donors (Lipinski definition) is 0. The van der Waals surface area contributed by atoms with Crippen molar-refractivity contribution in [1.82, 2.24) is 4.90 Å². The quantitative estimate of drug-likeness (QED) is 0.620. The molecule has 0 bridgehead atoms. The zero-order chi connectivity index (χ0) is 13.3. The maximum atomic E-state index is 11.8. The smallest absolute Gasteiger partial charge is 0.243 e. The summed E-state index contributed by atoms with van der Waals surface area (Å²) in [5.74, 6) is 1.29. The minimum atomic E-state index is -0.433. The molecule has 0 radical (unpaired) electrons. The lowest BCUT2D eigenvalue weighted by Gasteiger charge is -2.45. The first-order valence-electron chi connectivity index (χ1n) is 6.13. The Labute approximate surface area is 113 Å². The number of hydrogen-bond acceptors (Lipinski definition) is 2. The van der Waals surface area contributed by atoms with Crippen LogP contribution < -0.4 is 4.74 Å². The Kier molecular flexibility index (Phi) is 3.81. The standard InChI is InChI=1S/C14H18ClNO2/c1-9(2)8-16-13(12(15)14(16)17)10-4-6-11(18-3)7-5-10/h4-7,9,12-13H,8H2,1-3H3/t12-,13-/m0/s1. The fourth-order valence-electron chi connectivity index (χ4n) is 2.25. The Hall–Kier alpha value is -1.22. The normalized spacial score (nSPS) is 23.2. The van der Waals surface area contributed by atoms with Crippen LogP contribution in [0.4, 0.5) is 0 Å². The molecule has 0 saturated carbocycles. The van der Waals surface area contributed by atoms with Crippen LogP contribution >= 0.6 is 11.6 Å². The summed E-state index contributed by atoms with van der Waals surface area (Å²) in [5, 5.41) is -0.433. The third-order valence-corrected chi connectivity index (χ3v) is 3.58. The summed E-state index contributed by atoms with van der Waals surface area (Å²) in [5.41, 5.74) is 1.07. The first-order chi connectivity index (χ1) is 8.54. The number of β-lactam (4-membered cyclic amide) rings is 1. The number of halogens is 1. The highest BCUT2D eigenvalue weighted by molar-refractivity contribution is 6.33. The molecule has 98 valence electrons.